The standard InChI is InChI=1S/2C30H48O3S.Ca/c2*1-3-5-7-9-11-13-15-17-19-26-21-24-29-28(25-26)23-22-27(30(29)34(31,32)33)20-18-16-14-12-10-8-6-4-2;/h2*21-25H,3-20H2,1-2H3,(H,31,32,33);/q;;+2/p-2. The Kier molecular flexibility index (Phi) is 35.1. The van der Waals surface area contributed by atoms with Gasteiger partial charge in [-0.05, 0) is 95.2 Å². The molecule has 0 aromatic heterocycles. The summed E-state index contributed by atoms with van der Waals surface area (Å²) in [6.45, 7) is 8.95. The van der Waals surface area contributed by atoms with Crippen LogP contribution in [-0.4, -0.2) is 63.7 Å². The molecule has 0 aliphatic heterocycles. The summed E-state index contributed by atoms with van der Waals surface area (Å²) in [4.78, 5) is 0.0122. The molecule has 384 valence electrons. The molecule has 9 heteroatoms. The van der Waals surface area contributed by atoms with Crippen molar-refractivity contribution in [1.82, 2.24) is 0 Å². The number of aryl methyl sites for hydroxylation is 4. The van der Waals surface area contributed by atoms with E-state index in [1.165, 1.54) is 178 Å². The van der Waals surface area contributed by atoms with Crippen molar-refractivity contribution in [2.45, 2.75) is 269 Å². The van der Waals surface area contributed by atoms with Crippen molar-refractivity contribution < 1.29 is 25.9 Å². The minimum absolute atomic E-state index is 0. The molecular formula is C60H94CaO6S2. The normalized spacial score (nSPS) is 11.8. The first kappa shape index (κ1) is 63.6. The van der Waals surface area contributed by atoms with Gasteiger partial charge in [0.05, 0.1) is 9.79 Å². The van der Waals surface area contributed by atoms with Crippen molar-refractivity contribution in [3.05, 3.63) is 82.9 Å². The summed E-state index contributed by atoms with van der Waals surface area (Å²) in [6.07, 6.45) is 43.2. The molecule has 0 saturated carbocycles. The number of hydrogen-bond donors (Lipinski definition) is 0. The van der Waals surface area contributed by atoms with Gasteiger partial charge in [-0.3, -0.25) is 0 Å². The first-order valence-corrected chi connectivity index (χ1v) is 30.8. The maximum absolute atomic E-state index is 12.2. The van der Waals surface area contributed by atoms with Gasteiger partial charge in [-0.1, -0.05) is 268 Å². The molecule has 0 spiro atoms. The Labute approximate surface area is 453 Å². The van der Waals surface area contributed by atoms with Crippen molar-refractivity contribution >= 4 is 79.5 Å². The average Bonchev–Trinajstić information content (AvgIpc) is 3.31. The van der Waals surface area contributed by atoms with Crippen LogP contribution in [0.1, 0.15) is 255 Å². The molecule has 0 saturated heterocycles. The Morgan fingerprint density at radius 3 is 0.826 bits per heavy atom. The number of hydrogen-bond acceptors (Lipinski definition) is 6. The van der Waals surface area contributed by atoms with Crippen molar-refractivity contribution in [3.8, 4) is 0 Å². The summed E-state index contributed by atoms with van der Waals surface area (Å²) >= 11 is 0. The van der Waals surface area contributed by atoms with E-state index in [0.29, 0.717) is 34.7 Å². The van der Waals surface area contributed by atoms with E-state index < -0.39 is 20.2 Å². The second-order valence-electron chi connectivity index (χ2n) is 20.0. The van der Waals surface area contributed by atoms with Crippen molar-refractivity contribution in [1.29, 1.82) is 0 Å². The molecule has 4 aromatic carbocycles. The van der Waals surface area contributed by atoms with Gasteiger partial charge < -0.3 is 9.11 Å². The van der Waals surface area contributed by atoms with E-state index in [1.54, 1.807) is 0 Å². The van der Waals surface area contributed by atoms with E-state index >= 15 is 0 Å². The van der Waals surface area contributed by atoms with Gasteiger partial charge in [0.25, 0.3) is 0 Å². The molecule has 0 bridgehead atoms. The maximum Gasteiger partial charge on any atom is 2.00 e. The maximum atomic E-state index is 12.2. The Morgan fingerprint density at radius 2 is 0.565 bits per heavy atom. The van der Waals surface area contributed by atoms with E-state index in [2.05, 4.69) is 39.8 Å². The Bertz CT molecular complexity index is 2030. The second kappa shape index (κ2) is 38.1. The van der Waals surface area contributed by atoms with Crippen LogP contribution in [0.2, 0.25) is 0 Å². The molecule has 0 unspecified atom stereocenters. The zero-order chi connectivity index (χ0) is 49.3. The molecule has 6 nitrogen and oxygen atoms in total. The molecule has 0 atom stereocenters. The van der Waals surface area contributed by atoms with Crippen LogP contribution in [0.15, 0.2) is 70.5 Å². The van der Waals surface area contributed by atoms with Gasteiger partial charge in [0, 0.05) is 0 Å². The molecular weight excluding hydrogens is 921 g/mol. The van der Waals surface area contributed by atoms with Gasteiger partial charge in [0.1, 0.15) is 20.2 Å². The number of benzene rings is 4. The predicted octanol–water partition coefficient (Wildman–Crippen LogP) is 17.8. The fourth-order valence-corrected chi connectivity index (χ4v) is 11.8. The summed E-state index contributed by atoms with van der Waals surface area (Å²) < 4.78 is 73.0. The van der Waals surface area contributed by atoms with Gasteiger partial charge in [-0.25, -0.2) is 16.8 Å². The quantitative estimate of drug-likeness (QED) is 0.0251. The van der Waals surface area contributed by atoms with Crippen LogP contribution in [0.25, 0.3) is 21.5 Å². The fourth-order valence-electron chi connectivity index (χ4n) is 9.91. The molecule has 69 heavy (non-hydrogen) atoms. The SMILES string of the molecule is CCCCCCCCCCc1ccc2c(S(=O)(=O)[O-])c(CCCCCCCCCC)ccc2c1.CCCCCCCCCCc1ccc2c(S(=O)(=O)[O-])c(CCCCCCCCCC)ccc2c1.[Ca+2]. The van der Waals surface area contributed by atoms with Crippen molar-refractivity contribution in [2.24, 2.45) is 0 Å². The number of rotatable bonds is 38. The first-order chi connectivity index (χ1) is 32.9. The minimum atomic E-state index is -4.51. The summed E-state index contributed by atoms with van der Waals surface area (Å²) in [5.74, 6) is 0. The molecule has 4 rings (SSSR count). The number of fused-ring (bicyclic) bond motifs is 2. The first-order valence-electron chi connectivity index (χ1n) is 27.9. The predicted molar refractivity (Wildman–Crippen MR) is 295 cm³/mol. The average molecular weight is 1020 g/mol. The fraction of sp³-hybridized carbons (Fsp3) is 0.667. The van der Waals surface area contributed by atoms with E-state index in [9.17, 15) is 25.9 Å². The molecule has 0 aliphatic rings. The van der Waals surface area contributed by atoms with Gasteiger partial charge in [0.2, 0.25) is 0 Å². The van der Waals surface area contributed by atoms with Gasteiger partial charge in [-0.2, -0.15) is 0 Å². The van der Waals surface area contributed by atoms with Crippen LogP contribution < -0.4 is 0 Å². The molecule has 0 fully saturated rings. The third-order valence-electron chi connectivity index (χ3n) is 14.0. The van der Waals surface area contributed by atoms with Gasteiger partial charge >= 0.3 is 37.7 Å². The van der Waals surface area contributed by atoms with Crippen LogP contribution >= 0.6 is 0 Å². The van der Waals surface area contributed by atoms with E-state index in [4.69, 9.17) is 0 Å². The summed E-state index contributed by atoms with van der Waals surface area (Å²) in [6, 6.07) is 19.6. The van der Waals surface area contributed by atoms with Crippen LogP contribution in [-0.2, 0) is 45.9 Å². The largest absolute Gasteiger partial charge is 2.00 e. The minimum Gasteiger partial charge on any atom is -0.744 e. The molecule has 0 radical (unpaired) electrons. The van der Waals surface area contributed by atoms with Gasteiger partial charge in [-0.15, -0.1) is 0 Å². The van der Waals surface area contributed by atoms with Crippen LogP contribution in [0.3, 0.4) is 0 Å². The topological polar surface area (TPSA) is 114 Å². The second-order valence-corrected chi connectivity index (χ2v) is 22.7. The third-order valence-corrected chi connectivity index (χ3v) is 15.9. The van der Waals surface area contributed by atoms with E-state index in [0.717, 1.165) is 62.1 Å². The Balaban J connectivity index is 0.000000467. The zero-order valence-electron chi connectivity index (χ0n) is 44.2. The zero-order valence-corrected chi connectivity index (χ0v) is 48.0. The summed E-state index contributed by atoms with van der Waals surface area (Å²) in [7, 11) is -9.03. The Morgan fingerprint density at radius 1 is 0.319 bits per heavy atom. The summed E-state index contributed by atoms with van der Waals surface area (Å²) in [5.41, 5.74) is 3.82. The van der Waals surface area contributed by atoms with Crippen molar-refractivity contribution in [3.63, 3.8) is 0 Å². The van der Waals surface area contributed by atoms with E-state index in [1.807, 2.05) is 48.5 Å². The third kappa shape index (κ3) is 26.3. The van der Waals surface area contributed by atoms with Crippen molar-refractivity contribution in [2.75, 3.05) is 0 Å². The summed E-state index contributed by atoms with van der Waals surface area (Å²) in [5, 5.41) is 2.91. The molecule has 0 amide bonds. The van der Waals surface area contributed by atoms with E-state index in [-0.39, 0.29) is 47.5 Å². The van der Waals surface area contributed by atoms with Crippen LogP contribution in [0.5, 0.6) is 0 Å². The van der Waals surface area contributed by atoms with Crippen LogP contribution in [0.4, 0.5) is 0 Å². The molecule has 4 aromatic rings. The Hall–Kier alpha value is -1.52. The smallest absolute Gasteiger partial charge is 0.744 e. The molecule has 0 heterocycles. The monoisotopic (exact) mass is 1010 g/mol. The van der Waals surface area contributed by atoms with Crippen LogP contribution in [0, 0.1) is 0 Å². The molecule has 0 aliphatic carbocycles. The molecule has 0 N–H and O–H groups in total. The number of unbranched alkanes of at least 4 members (excludes halogenated alkanes) is 28. The van der Waals surface area contributed by atoms with Gasteiger partial charge in [0.15, 0.2) is 0 Å².